The summed E-state index contributed by atoms with van der Waals surface area (Å²) in [5.74, 6) is 1.29. The average Bonchev–Trinajstić information content (AvgIpc) is 3.62. The smallest absolute Gasteiger partial charge is 0.251 e. The number of hydrogen-bond acceptors (Lipinski definition) is 7. The maximum absolute atomic E-state index is 14.1. The Bertz CT molecular complexity index is 1460. The molecule has 1 N–H and O–H groups in total. The summed E-state index contributed by atoms with van der Waals surface area (Å²) >= 11 is 0. The van der Waals surface area contributed by atoms with Crippen molar-refractivity contribution in [3.63, 3.8) is 0 Å². The van der Waals surface area contributed by atoms with Crippen molar-refractivity contribution in [3.8, 4) is 11.5 Å². The van der Waals surface area contributed by atoms with E-state index >= 15 is 0 Å². The maximum Gasteiger partial charge on any atom is 0.251 e. The lowest BCUT2D eigenvalue weighted by Crippen LogP contribution is -2.51. The van der Waals surface area contributed by atoms with Crippen LogP contribution >= 0.6 is 0 Å². The van der Waals surface area contributed by atoms with Crippen LogP contribution in [0, 0.1) is 6.92 Å². The van der Waals surface area contributed by atoms with Crippen molar-refractivity contribution in [2.24, 2.45) is 0 Å². The number of aromatic nitrogens is 3. The predicted octanol–water partition coefficient (Wildman–Crippen LogP) is 4.14. The van der Waals surface area contributed by atoms with Crippen LogP contribution in [0.5, 0.6) is 11.5 Å². The van der Waals surface area contributed by atoms with Gasteiger partial charge in [0.15, 0.2) is 17.5 Å². The molecule has 0 bridgehead atoms. The third kappa shape index (κ3) is 4.87. The normalized spacial score (nSPS) is 13.5. The largest absolute Gasteiger partial charge is 0.464 e. The third-order valence-electron chi connectivity index (χ3n) is 6.49. The first-order valence-electron chi connectivity index (χ1n) is 12.1. The maximum atomic E-state index is 14.1. The van der Waals surface area contributed by atoms with E-state index in [1.807, 2.05) is 45.0 Å². The second-order valence-corrected chi connectivity index (χ2v) is 9.61. The molecule has 37 heavy (non-hydrogen) atoms. The minimum absolute atomic E-state index is 0.0870. The van der Waals surface area contributed by atoms with Crippen LogP contribution in [0.15, 0.2) is 59.0 Å². The van der Waals surface area contributed by atoms with Gasteiger partial charge in [-0.3, -0.25) is 14.5 Å². The molecule has 0 aliphatic carbocycles. The van der Waals surface area contributed by atoms with E-state index < -0.39 is 11.6 Å². The molecule has 2 aromatic carbocycles. The predicted molar refractivity (Wildman–Crippen MR) is 136 cm³/mol. The van der Waals surface area contributed by atoms with Gasteiger partial charge >= 0.3 is 0 Å². The Labute approximate surface area is 214 Å². The minimum atomic E-state index is -1.08. The fourth-order valence-electron chi connectivity index (χ4n) is 4.17. The number of carbonyl (C=O) groups excluding carboxylic acids is 2. The van der Waals surface area contributed by atoms with Crippen LogP contribution in [0.4, 0.5) is 5.69 Å². The number of amides is 2. The molecule has 0 spiro atoms. The number of rotatable bonds is 8. The Hall–Kier alpha value is -4.34. The van der Waals surface area contributed by atoms with E-state index in [2.05, 4.69) is 15.6 Å². The zero-order valence-corrected chi connectivity index (χ0v) is 21.2. The molecule has 1 atom stereocenters. The number of aryl methyl sites for hydroxylation is 1. The zero-order valence-electron chi connectivity index (χ0n) is 21.2. The Morgan fingerprint density at radius 1 is 1.11 bits per heavy atom. The molecule has 10 nitrogen and oxygen atoms in total. The fourth-order valence-corrected chi connectivity index (χ4v) is 4.17. The quantitative estimate of drug-likeness (QED) is 0.385. The Morgan fingerprint density at radius 2 is 1.89 bits per heavy atom. The summed E-state index contributed by atoms with van der Waals surface area (Å²) in [7, 11) is 0. The number of hydrogen-bond donors (Lipinski definition) is 1. The molecule has 10 heteroatoms. The van der Waals surface area contributed by atoms with Gasteiger partial charge in [0.25, 0.3) is 5.91 Å². The van der Waals surface area contributed by atoms with Crippen molar-refractivity contribution in [1.82, 2.24) is 20.3 Å². The number of nitrogens with one attached hydrogen (secondary N) is 1. The molecular formula is C27H29N5O5. The number of furan rings is 1. The summed E-state index contributed by atoms with van der Waals surface area (Å²) in [6.07, 6.45) is 0.700. The van der Waals surface area contributed by atoms with E-state index in [0.717, 1.165) is 0 Å². The average molecular weight is 504 g/mol. The molecule has 5 rings (SSSR count). The fraction of sp³-hybridized carbons (Fsp3) is 0.333. The molecule has 192 valence electrons. The van der Waals surface area contributed by atoms with Gasteiger partial charge in [-0.1, -0.05) is 24.3 Å². The van der Waals surface area contributed by atoms with E-state index in [0.29, 0.717) is 46.2 Å². The highest BCUT2D eigenvalue weighted by atomic mass is 16.7. The molecule has 4 aromatic rings. The van der Waals surface area contributed by atoms with Crippen LogP contribution in [0.25, 0.3) is 11.0 Å². The van der Waals surface area contributed by atoms with E-state index in [-0.39, 0.29) is 25.2 Å². The Balaban J connectivity index is 1.60. The first-order valence-corrected chi connectivity index (χ1v) is 12.1. The van der Waals surface area contributed by atoms with Crippen LogP contribution in [-0.4, -0.2) is 39.1 Å². The van der Waals surface area contributed by atoms with Gasteiger partial charge in [0, 0.05) is 17.3 Å². The van der Waals surface area contributed by atoms with E-state index in [1.165, 1.54) is 9.58 Å². The minimum Gasteiger partial charge on any atom is -0.464 e. The Kier molecular flexibility index (Phi) is 6.32. The molecule has 0 unspecified atom stereocenters. The molecular weight excluding hydrogens is 474 g/mol. The van der Waals surface area contributed by atoms with Gasteiger partial charge in [-0.15, -0.1) is 5.10 Å². The first-order chi connectivity index (χ1) is 17.8. The highest BCUT2D eigenvalue weighted by Gasteiger charge is 2.38. The number of anilines is 1. The van der Waals surface area contributed by atoms with Crippen molar-refractivity contribution in [3.05, 3.63) is 66.1 Å². The van der Waals surface area contributed by atoms with E-state index in [4.69, 9.17) is 13.9 Å². The molecule has 2 amide bonds. The molecule has 1 aliphatic heterocycles. The number of nitrogens with zero attached hydrogens (tertiary/aromatic N) is 4. The second-order valence-electron chi connectivity index (χ2n) is 9.61. The molecule has 2 aromatic heterocycles. The highest BCUT2D eigenvalue weighted by molar-refractivity contribution is 6.01. The number of fused-ring (bicyclic) bond motifs is 2. The number of ether oxygens (including phenoxy) is 2. The first kappa shape index (κ1) is 24.4. The van der Waals surface area contributed by atoms with Gasteiger partial charge in [0.2, 0.25) is 12.7 Å². The van der Waals surface area contributed by atoms with Crippen molar-refractivity contribution in [2.75, 3.05) is 11.7 Å². The summed E-state index contributed by atoms with van der Waals surface area (Å²) in [5, 5.41) is 11.4. The molecule has 0 radical (unpaired) electrons. The second kappa shape index (κ2) is 9.61. The number of carbonyl (C=O) groups is 2. The lowest BCUT2D eigenvalue weighted by Gasteiger charge is -2.33. The van der Waals surface area contributed by atoms with Gasteiger partial charge in [0.05, 0.1) is 5.52 Å². The summed E-state index contributed by atoms with van der Waals surface area (Å²) in [6.45, 7) is 7.60. The lowest BCUT2D eigenvalue weighted by atomic mass is 10.0. The van der Waals surface area contributed by atoms with Crippen LogP contribution in [0.2, 0.25) is 0 Å². The van der Waals surface area contributed by atoms with Crippen LogP contribution in [0.3, 0.4) is 0 Å². The van der Waals surface area contributed by atoms with Crippen molar-refractivity contribution >= 4 is 28.5 Å². The highest BCUT2D eigenvalue weighted by Crippen LogP contribution is 2.38. The van der Waals surface area contributed by atoms with E-state index in [1.54, 1.807) is 37.3 Å². The topological polar surface area (TPSA) is 112 Å². The summed E-state index contributed by atoms with van der Waals surface area (Å²) in [6, 6.07) is 14.9. The Morgan fingerprint density at radius 3 is 2.65 bits per heavy atom. The van der Waals surface area contributed by atoms with E-state index in [9.17, 15) is 9.59 Å². The summed E-state index contributed by atoms with van der Waals surface area (Å²) in [4.78, 5) is 29.3. The lowest BCUT2D eigenvalue weighted by molar-refractivity contribution is -0.128. The van der Waals surface area contributed by atoms with Crippen molar-refractivity contribution < 1.29 is 23.5 Å². The summed E-state index contributed by atoms with van der Waals surface area (Å²) < 4.78 is 18.5. The van der Waals surface area contributed by atoms with Crippen LogP contribution < -0.4 is 19.7 Å². The summed E-state index contributed by atoms with van der Waals surface area (Å²) in [5.41, 5.74) is 1.35. The molecule has 3 heterocycles. The molecule has 0 saturated heterocycles. The monoisotopic (exact) mass is 503 g/mol. The number of para-hydroxylation sites is 1. The molecule has 1 aliphatic rings. The van der Waals surface area contributed by atoms with Crippen molar-refractivity contribution in [2.45, 2.75) is 52.2 Å². The van der Waals surface area contributed by atoms with Crippen LogP contribution in [-0.2, 0) is 16.1 Å². The van der Waals surface area contributed by atoms with Crippen molar-refractivity contribution in [1.29, 1.82) is 0 Å². The van der Waals surface area contributed by atoms with Gasteiger partial charge in [-0.05, 0) is 63.6 Å². The van der Waals surface area contributed by atoms with Gasteiger partial charge in [-0.25, -0.2) is 4.68 Å². The number of benzene rings is 2. The van der Waals surface area contributed by atoms with Gasteiger partial charge < -0.3 is 19.2 Å². The molecule has 0 saturated carbocycles. The van der Waals surface area contributed by atoms with Gasteiger partial charge in [-0.2, -0.15) is 0 Å². The SMILES string of the molecule is CCC(C)(C)NC(=O)[C@H](c1ccc(C)o1)N(C(=O)Cn1nnc2ccccc21)c1ccc2c(c1)OCO2. The molecule has 0 fully saturated rings. The zero-order chi connectivity index (χ0) is 26.2. The van der Waals surface area contributed by atoms with Crippen LogP contribution in [0.1, 0.15) is 44.8 Å². The third-order valence-corrected chi connectivity index (χ3v) is 6.49. The van der Waals surface area contributed by atoms with Gasteiger partial charge in [0.1, 0.15) is 23.6 Å². The standard InChI is InChI=1S/C27H29N5O5/c1-5-27(3,4)28-26(34)25(22-12-10-17(2)37-22)32(18-11-13-21-23(14-18)36-16-35-21)24(33)15-31-20-9-7-6-8-19(20)29-30-31/h6-14,25H,5,15-16H2,1-4H3,(H,28,34)/t25-/m0/s1.